The lowest BCUT2D eigenvalue weighted by Gasteiger charge is -2.26. The highest BCUT2D eigenvalue weighted by molar-refractivity contribution is 7.86. The summed E-state index contributed by atoms with van der Waals surface area (Å²) in [7, 11) is -8.28. The molecule has 0 saturated carbocycles. The number of nitriles is 1. The number of hydrogen-bond donors (Lipinski definition) is 3. The molecule has 1 heterocycles. The summed E-state index contributed by atoms with van der Waals surface area (Å²) in [6.07, 6.45) is 2.33. The van der Waals surface area contributed by atoms with Gasteiger partial charge in [-0.05, 0) is 56.0 Å². The average Bonchev–Trinajstić information content (AvgIpc) is 3.31. The van der Waals surface area contributed by atoms with Gasteiger partial charge in [0, 0.05) is 30.7 Å². The highest BCUT2D eigenvalue weighted by atomic mass is 35.5. The maximum absolute atomic E-state index is 12.1. The molecule has 0 radical (unpaired) electrons. The van der Waals surface area contributed by atoms with Gasteiger partial charge in [-0.25, -0.2) is 4.68 Å². The molecule has 0 fully saturated rings. The van der Waals surface area contributed by atoms with E-state index in [1.54, 1.807) is 18.2 Å². The van der Waals surface area contributed by atoms with Gasteiger partial charge in [0.1, 0.15) is 23.0 Å². The van der Waals surface area contributed by atoms with Crippen LogP contribution in [0.15, 0.2) is 46.8 Å². The van der Waals surface area contributed by atoms with E-state index in [0.29, 0.717) is 31.6 Å². The van der Waals surface area contributed by atoms with Crippen LogP contribution in [0.3, 0.4) is 0 Å². The normalized spacial score (nSPS) is 11.9. The van der Waals surface area contributed by atoms with Gasteiger partial charge in [-0.2, -0.15) is 27.2 Å². The minimum Gasteiger partial charge on any atom is -0.371 e. The number of nitrogens with one attached hydrogen (secondary N) is 1. The maximum atomic E-state index is 12.1. The van der Waals surface area contributed by atoms with Crippen molar-refractivity contribution in [3.05, 3.63) is 57.2 Å². The first-order valence-electron chi connectivity index (χ1n) is 13.2. The number of nitrogens with zero attached hydrogens (tertiary/aromatic N) is 6. The zero-order valence-corrected chi connectivity index (χ0v) is 27.6. The summed E-state index contributed by atoms with van der Waals surface area (Å²) in [6.45, 7) is 1.95. The van der Waals surface area contributed by atoms with Crippen LogP contribution in [0.2, 0.25) is 15.1 Å². The van der Waals surface area contributed by atoms with Crippen molar-refractivity contribution in [1.82, 2.24) is 9.78 Å². The highest BCUT2D eigenvalue weighted by Gasteiger charge is 2.19. The van der Waals surface area contributed by atoms with E-state index in [1.165, 1.54) is 29.9 Å². The smallest absolute Gasteiger partial charge is 0.264 e. The molecule has 0 aliphatic heterocycles. The minimum atomic E-state index is -4.14. The van der Waals surface area contributed by atoms with E-state index in [0.717, 1.165) is 0 Å². The van der Waals surface area contributed by atoms with Crippen molar-refractivity contribution in [2.24, 2.45) is 10.2 Å². The van der Waals surface area contributed by atoms with E-state index in [2.05, 4.69) is 20.6 Å². The lowest BCUT2D eigenvalue weighted by Crippen LogP contribution is -2.26. The lowest BCUT2D eigenvalue weighted by molar-refractivity contribution is -0.114. The van der Waals surface area contributed by atoms with Crippen molar-refractivity contribution in [2.75, 3.05) is 34.8 Å². The number of carbonyl (C=O) groups is 1. The first-order chi connectivity index (χ1) is 21.1. The second-order valence-corrected chi connectivity index (χ2v) is 14.1. The Morgan fingerprint density at radius 3 is 2.07 bits per heavy atom. The molecule has 0 aliphatic carbocycles. The second-order valence-electron chi connectivity index (χ2n) is 9.68. The second kappa shape index (κ2) is 15.8. The van der Waals surface area contributed by atoms with Crippen LogP contribution in [0.25, 0.3) is 5.69 Å². The van der Waals surface area contributed by atoms with Gasteiger partial charge in [-0.1, -0.05) is 34.8 Å². The van der Waals surface area contributed by atoms with E-state index in [4.69, 9.17) is 43.9 Å². The van der Waals surface area contributed by atoms with Crippen LogP contribution >= 0.6 is 34.8 Å². The van der Waals surface area contributed by atoms with Crippen LogP contribution in [0, 0.1) is 11.3 Å². The number of rotatable bonds is 15. The number of aromatic nitrogens is 2. The van der Waals surface area contributed by atoms with E-state index in [9.17, 15) is 26.9 Å². The fourth-order valence-electron chi connectivity index (χ4n) is 4.16. The van der Waals surface area contributed by atoms with Crippen LogP contribution < -0.4 is 10.2 Å². The molecule has 45 heavy (non-hydrogen) atoms. The third kappa shape index (κ3) is 11.2. The predicted octanol–water partition coefficient (Wildman–Crippen LogP) is 6.22. The van der Waals surface area contributed by atoms with Gasteiger partial charge in [0.2, 0.25) is 5.91 Å². The van der Waals surface area contributed by atoms with Crippen molar-refractivity contribution in [3.63, 3.8) is 0 Å². The van der Waals surface area contributed by atoms with Gasteiger partial charge in [0.05, 0.1) is 33.4 Å². The molecule has 19 heteroatoms. The minimum absolute atomic E-state index is 0.000715. The quantitative estimate of drug-likeness (QED) is 0.0917. The largest absolute Gasteiger partial charge is 0.371 e. The molecule has 2 aromatic carbocycles. The molecular weight excluding hydrogens is 693 g/mol. The summed E-state index contributed by atoms with van der Waals surface area (Å²) >= 11 is 18.7. The summed E-state index contributed by atoms with van der Waals surface area (Å²) in [4.78, 5) is 13.9. The predicted molar refractivity (Wildman–Crippen MR) is 172 cm³/mol. The molecule has 0 bridgehead atoms. The SMILES string of the molecule is CC(=O)Nc1cc(N(CCCCS(=O)(=O)O)CCCCS(=O)(=O)O)ccc1N=Nc1c(C#N)cnn1-c1c(Cl)cc(Cl)cc1Cl. The van der Waals surface area contributed by atoms with Crippen LogP contribution in [-0.2, 0) is 25.0 Å². The Bertz CT molecular complexity index is 1780. The molecular formula is C26H28Cl3N7O7S2. The Labute approximate surface area is 275 Å². The molecule has 3 N–H and O–H groups in total. The molecule has 0 spiro atoms. The van der Waals surface area contributed by atoms with Gasteiger partial charge in [-0.3, -0.25) is 13.9 Å². The van der Waals surface area contributed by atoms with Crippen molar-refractivity contribution < 1.29 is 30.7 Å². The Kier molecular flexibility index (Phi) is 12.7. The van der Waals surface area contributed by atoms with Crippen molar-refractivity contribution in [2.45, 2.75) is 32.6 Å². The molecule has 0 saturated heterocycles. The molecule has 0 aliphatic rings. The first kappa shape index (κ1) is 36.2. The van der Waals surface area contributed by atoms with Gasteiger partial charge >= 0.3 is 0 Å². The summed E-state index contributed by atoms with van der Waals surface area (Å²) in [6, 6.07) is 9.71. The zero-order chi connectivity index (χ0) is 33.4. The summed E-state index contributed by atoms with van der Waals surface area (Å²) < 4.78 is 63.9. The van der Waals surface area contributed by atoms with Crippen LogP contribution in [0.5, 0.6) is 0 Å². The number of halogens is 3. The van der Waals surface area contributed by atoms with E-state index in [1.807, 2.05) is 11.0 Å². The van der Waals surface area contributed by atoms with Crippen LogP contribution in [-0.4, -0.2) is 66.2 Å². The Morgan fingerprint density at radius 2 is 1.56 bits per heavy atom. The number of azo groups is 1. The molecule has 3 aromatic rings. The monoisotopic (exact) mass is 719 g/mol. The zero-order valence-electron chi connectivity index (χ0n) is 23.7. The molecule has 0 unspecified atom stereocenters. The summed E-state index contributed by atoms with van der Waals surface area (Å²) in [5.41, 5.74) is 1.31. The molecule has 3 rings (SSSR count). The van der Waals surface area contributed by atoms with Crippen LogP contribution in [0.1, 0.15) is 38.2 Å². The van der Waals surface area contributed by atoms with Crippen molar-refractivity contribution >= 4 is 83.8 Å². The third-order valence-electron chi connectivity index (χ3n) is 6.13. The molecule has 1 amide bonds. The van der Waals surface area contributed by atoms with E-state index >= 15 is 0 Å². The maximum Gasteiger partial charge on any atom is 0.264 e. The Morgan fingerprint density at radius 1 is 0.978 bits per heavy atom. The Balaban J connectivity index is 1.97. The number of amides is 1. The fourth-order valence-corrected chi connectivity index (χ4v) is 6.28. The Hall–Kier alpha value is -3.30. The number of benzene rings is 2. The summed E-state index contributed by atoms with van der Waals surface area (Å²) in [5.74, 6) is -1.26. The number of unbranched alkanes of at least 4 members (excludes halogenated alkanes) is 2. The number of hydrogen-bond acceptors (Lipinski definition) is 10. The van der Waals surface area contributed by atoms with Gasteiger partial charge in [0.25, 0.3) is 20.2 Å². The van der Waals surface area contributed by atoms with Gasteiger partial charge < -0.3 is 10.2 Å². The molecule has 242 valence electrons. The highest BCUT2D eigenvalue weighted by Crippen LogP contribution is 2.37. The summed E-state index contributed by atoms with van der Waals surface area (Å²) in [5, 5.41) is 25.6. The topological polar surface area (TPSA) is 207 Å². The van der Waals surface area contributed by atoms with Gasteiger partial charge in [-0.15, -0.1) is 10.2 Å². The van der Waals surface area contributed by atoms with Gasteiger partial charge in [0.15, 0.2) is 5.82 Å². The standard InChI is InChI=1S/C26H28Cl3N7O7S2/c1-17(37)32-24-14-20(35(8-2-4-10-44(38,39)40)9-3-5-11-45(41,42)43)6-7-23(24)33-34-26-18(15-30)16-31-36(26)25-21(28)12-19(27)13-22(25)29/h6-7,12-14,16H,2-5,8-11H2,1H3,(H,32,37)(H,38,39,40)(H,41,42,43). The molecule has 0 atom stereocenters. The average molecular weight is 721 g/mol. The number of carbonyl (C=O) groups excluding carboxylic acids is 1. The van der Waals surface area contributed by atoms with Crippen molar-refractivity contribution in [3.8, 4) is 11.8 Å². The number of anilines is 2. The van der Waals surface area contributed by atoms with E-state index in [-0.39, 0.29) is 56.4 Å². The van der Waals surface area contributed by atoms with E-state index < -0.39 is 37.6 Å². The third-order valence-corrected chi connectivity index (χ3v) is 8.53. The first-order valence-corrected chi connectivity index (χ1v) is 17.5. The molecule has 14 nitrogen and oxygen atoms in total. The van der Waals surface area contributed by atoms with Crippen molar-refractivity contribution in [1.29, 1.82) is 5.26 Å². The molecule has 1 aromatic heterocycles. The fraction of sp³-hybridized carbons (Fsp3) is 0.346. The van der Waals surface area contributed by atoms with Crippen LogP contribution in [0.4, 0.5) is 22.9 Å². The lowest BCUT2D eigenvalue weighted by atomic mass is 10.2.